The van der Waals surface area contributed by atoms with Crippen LogP contribution in [0.15, 0.2) is 0 Å². The van der Waals surface area contributed by atoms with E-state index >= 15 is 0 Å². The summed E-state index contributed by atoms with van der Waals surface area (Å²) in [5, 5.41) is 0. The Hall–Kier alpha value is 0.354. The van der Waals surface area contributed by atoms with Crippen molar-refractivity contribution in [2.75, 3.05) is 13.2 Å². The molecule has 9 heavy (non-hydrogen) atoms. The molecule has 0 rings (SSSR count). The van der Waals surface area contributed by atoms with Crippen LogP contribution in [-0.2, 0) is 8.85 Å². The van der Waals surface area contributed by atoms with Gasteiger partial charge in [-0.1, -0.05) is 0 Å². The molecule has 0 atom stereocenters. The molecule has 0 bridgehead atoms. The van der Waals surface area contributed by atoms with E-state index < -0.39 is 9.28 Å². The molecule has 0 spiro atoms. The molecule has 0 aliphatic carbocycles. The Balaban J connectivity index is 0. The number of hydrogen-bond donors (Lipinski definition) is 0. The van der Waals surface area contributed by atoms with Crippen LogP contribution in [0.25, 0.3) is 0 Å². The van der Waals surface area contributed by atoms with E-state index in [2.05, 4.69) is 0 Å². The first-order valence-electron chi connectivity index (χ1n) is 2.90. The minimum atomic E-state index is -0.891. The summed E-state index contributed by atoms with van der Waals surface area (Å²) in [6.45, 7) is 7.49. The summed E-state index contributed by atoms with van der Waals surface area (Å²) in [6, 6.07) is 0. The molecule has 0 saturated heterocycles. The second-order valence-corrected chi connectivity index (χ2v) is 2.92. The minimum absolute atomic E-state index is 0. The van der Waals surface area contributed by atoms with E-state index in [9.17, 15) is 0 Å². The third-order valence-electron chi connectivity index (χ3n) is 0.695. The van der Waals surface area contributed by atoms with E-state index in [4.69, 9.17) is 8.85 Å². The molecule has 0 aliphatic heterocycles. The third-order valence-corrected chi connectivity index (χ3v) is 2.09. The Morgan fingerprint density at radius 3 is 1.67 bits per heavy atom. The highest BCUT2D eigenvalue weighted by Crippen LogP contribution is 1.85. The highest BCUT2D eigenvalue weighted by atomic mass is 28.3. The van der Waals surface area contributed by atoms with Gasteiger partial charge in [-0.25, -0.2) is 0 Å². The molecular formula is C5H17O2Si2. The van der Waals surface area contributed by atoms with Crippen molar-refractivity contribution in [1.82, 2.24) is 0 Å². The minimum Gasteiger partial charge on any atom is -0.394 e. The average Bonchev–Trinajstić information content (AvgIpc) is 1.68. The summed E-state index contributed by atoms with van der Waals surface area (Å²) in [4.78, 5) is 0. The lowest BCUT2D eigenvalue weighted by atomic mass is 10.9. The molecule has 0 unspecified atom stereocenters. The van der Waals surface area contributed by atoms with E-state index in [1.165, 1.54) is 0 Å². The fraction of sp³-hybridized carbons (Fsp3) is 1.00. The molecule has 0 heterocycles. The molecule has 0 aromatic rings. The molecular weight excluding hydrogens is 148 g/mol. The SMILES string of the molecule is CCO[Si](C)OCC.[SiH4]. The Labute approximate surface area is 63.4 Å². The van der Waals surface area contributed by atoms with Gasteiger partial charge in [-0.2, -0.15) is 0 Å². The maximum atomic E-state index is 5.16. The van der Waals surface area contributed by atoms with Crippen molar-refractivity contribution in [1.29, 1.82) is 0 Å². The zero-order valence-corrected chi connectivity index (χ0v) is 6.73. The lowest BCUT2D eigenvalue weighted by Gasteiger charge is -2.05. The Bertz CT molecular complexity index is 46.2. The van der Waals surface area contributed by atoms with Crippen LogP contribution in [0.2, 0.25) is 6.55 Å². The van der Waals surface area contributed by atoms with Crippen LogP contribution in [0.5, 0.6) is 0 Å². The Kier molecular flexibility index (Phi) is 11.2. The van der Waals surface area contributed by atoms with E-state index in [0.29, 0.717) is 0 Å². The number of hydrogen-bond acceptors (Lipinski definition) is 2. The zero-order chi connectivity index (χ0) is 6.41. The van der Waals surface area contributed by atoms with Crippen molar-refractivity contribution in [2.24, 2.45) is 0 Å². The van der Waals surface area contributed by atoms with Crippen molar-refractivity contribution < 1.29 is 8.85 Å². The standard InChI is InChI=1S/C5H13O2Si.H4Si/c1-4-6-8(3)7-5-2;/h4-5H2,1-3H3;1H4. The molecule has 0 aromatic heterocycles. The topological polar surface area (TPSA) is 18.5 Å². The molecule has 0 saturated carbocycles. The molecule has 0 aromatic carbocycles. The summed E-state index contributed by atoms with van der Waals surface area (Å²) < 4.78 is 10.3. The molecule has 0 aliphatic rings. The monoisotopic (exact) mass is 165 g/mol. The molecule has 2 nitrogen and oxygen atoms in total. The van der Waals surface area contributed by atoms with Crippen molar-refractivity contribution in [3.8, 4) is 0 Å². The molecule has 0 fully saturated rings. The van der Waals surface area contributed by atoms with Gasteiger partial charge in [0.25, 0.3) is 0 Å². The Morgan fingerprint density at radius 1 is 1.11 bits per heavy atom. The highest BCUT2D eigenvalue weighted by Gasteiger charge is 2.02. The highest BCUT2D eigenvalue weighted by molar-refractivity contribution is 6.42. The van der Waals surface area contributed by atoms with Crippen molar-refractivity contribution in [3.63, 3.8) is 0 Å². The van der Waals surface area contributed by atoms with Gasteiger partial charge in [-0.3, -0.25) is 0 Å². The van der Waals surface area contributed by atoms with E-state index in [0.717, 1.165) is 13.2 Å². The first-order valence-corrected chi connectivity index (χ1v) is 4.72. The fourth-order valence-corrected chi connectivity index (χ4v) is 1.34. The summed E-state index contributed by atoms with van der Waals surface area (Å²) in [5.41, 5.74) is 0. The van der Waals surface area contributed by atoms with Gasteiger partial charge in [0.2, 0.25) is 0 Å². The van der Waals surface area contributed by atoms with Gasteiger partial charge >= 0.3 is 9.28 Å². The lowest BCUT2D eigenvalue weighted by Crippen LogP contribution is -2.17. The van der Waals surface area contributed by atoms with Gasteiger partial charge < -0.3 is 8.85 Å². The smallest absolute Gasteiger partial charge is 0.381 e. The van der Waals surface area contributed by atoms with Crippen molar-refractivity contribution in [2.45, 2.75) is 20.4 Å². The van der Waals surface area contributed by atoms with Crippen LogP contribution in [0.1, 0.15) is 13.8 Å². The van der Waals surface area contributed by atoms with Gasteiger partial charge in [-0.15, -0.1) is 0 Å². The summed E-state index contributed by atoms with van der Waals surface area (Å²) in [6.07, 6.45) is 0. The van der Waals surface area contributed by atoms with Crippen LogP contribution in [0.4, 0.5) is 0 Å². The van der Waals surface area contributed by atoms with Gasteiger partial charge in [-0.05, 0) is 31.4 Å². The molecule has 0 amide bonds. The van der Waals surface area contributed by atoms with Crippen LogP contribution >= 0.6 is 0 Å². The second kappa shape index (κ2) is 8.35. The number of rotatable bonds is 4. The third kappa shape index (κ3) is 8.35. The first-order chi connectivity index (χ1) is 3.81. The lowest BCUT2D eigenvalue weighted by molar-refractivity contribution is 0.219. The summed E-state index contributed by atoms with van der Waals surface area (Å²) >= 11 is 0. The summed E-state index contributed by atoms with van der Waals surface area (Å²) in [7, 11) is -0.891. The maximum Gasteiger partial charge on any atom is 0.381 e. The second-order valence-electron chi connectivity index (χ2n) is 1.36. The van der Waals surface area contributed by atoms with Gasteiger partial charge in [0, 0.05) is 13.2 Å². The molecule has 57 valence electrons. The molecule has 4 heteroatoms. The largest absolute Gasteiger partial charge is 0.394 e. The maximum absolute atomic E-state index is 5.16. The normalized spacial score (nSPS) is 9.33. The van der Waals surface area contributed by atoms with Gasteiger partial charge in [0.1, 0.15) is 0 Å². The fourth-order valence-electron chi connectivity index (χ4n) is 0.448. The molecule has 0 N–H and O–H groups in total. The molecule has 1 radical (unpaired) electrons. The predicted octanol–water partition coefficient (Wildman–Crippen LogP) is -0.274. The van der Waals surface area contributed by atoms with Crippen molar-refractivity contribution in [3.05, 3.63) is 0 Å². The van der Waals surface area contributed by atoms with E-state index in [1.807, 2.05) is 20.4 Å². The van der Waals surface area contributed by atoms with E-state index in [1.54, 1.807) is 0 Å². The van der Waals surface area contributed by atoms with Crippen LogP contribution in [-0.4, -0.2) is 33.5 Å². The van der Waals surface area contributed by atoms with Crippen LogP contribution in [0, 0.1) is 0 Å². The van der Waals surface area contributed by atoms with Gasteiger partial charge in [0.05, 0.1) is 0 Å². The predicted molar refractivity (Wildman–Crippen MR) is 46.2 cm³/mol. The van der Waals surface area contributed by atoms with Gasteiger partial charge in [0.15, 0.2) is 0 Å². The average molecular weight is 165 g/mol. The Morgan fingerprint density at radius 2 is 1.44 bits per heavy atom. The quantitative estimate of drug-likeness (QED) is 0.534. The van der Waals surface area contributed by atoms with E-state index in [-0.39, 0.29) is 11.0 Å². The van der Waals surface area contributed by atoms with Crippen LogP contribution in [0.3, 0.4) is 0 Å². The zero-order valence-electron chi connectivity index (χ0n) is 5.73. The van der Waals surface area contributed by atoms with Crippen molar-refractivity contribution >= 4 is 20.2 Å². The first kappa shape index (κ1) is 12.1. The van der Waals surface area contributed by atoms with Crippen LogP contribution < -0.4 is 0 Å². The summed E-state index contributed by atoms with van der Waals surface area (Å²) in [5.74, 6) is 0.